The fourth-order valence-corrected chi connectivity index (χ4v) is 2.40. The molecule has 0 bridgehead atoms. The summed E-state index contributed by atoms with van der Waals surface area (Å²) in [5, 5.41) is 3.79. The van der Waals surface area contributed by atoms with Crippen LogP contribution in [-0.2, 0) is 0 Å². The molecular weight excluding hydrogens is 259 g/mol. The van der Waals surface area contributed by atoms with Crippen LogP contribution in [0.5, 0.6) is 0 Å². The van der Waals surface area contributed by atoms with E-state index in [2.05, 4.69) is 22.0 Å². The highest BCUT2D eigenvalue weighted by atomic mass is 19.1. The summed E-state index contributed by atoms with van der Waals surface area (Å²) in [6, 6.07) is 6.70. The van der Waals surface area contributed by atoms with Crippen molar-refractivity contribution in [1.29, 1.82) is 0 Å². The molecule has 0 amide bonds. The van der Waals surface area contributed by atoms with Crippen LogP contribution in [0.2, 0.25) is 0 Å². The number of benzene rings is 1. The number of halogens is 1. The zero-order valence-electron chi connectivity index (χ0n) is 11.3. The van der Waals surface area contributed by atoms with Gasteiger partial charge in [-0.2, -0.15) is 0 Å². The molecule has 0 spiro atoms. The molecule has 1 saturated heterocycles. The lowest BCUT2D eigenvalue weighted by Gasteiger charge is -2.34. The summed E-state index contributed by atoms with van der Waals surface area (Å²) < 4.78 is 19.1. The van der Waals surface area contributed by atoms with Crippen LogP contribution < -0.4 is 10.6 Å². The highest BCUT2D eigenvalue weighted by molar-refractivity contribution is 5.65. The van der Waals surface area contributed by atoms with E-state index in [1.54, 1.807) is 12.1 Å². The average Bonchev–Trinajstić information content (AvgIpc) is 2.87. The van der Waals surface area contributed by atoms with Gasteiger partial charge in [0.05, 0.1) is 5.69 Å². The van der Waals surface area contributed by atoms with E-state index in [-0.39, 0.29) is 11.7 Å². The zero-order valence-corrected chi connectivity index (χ0v) is 11.3. The van der Waals surface area contributed by atoms with Gasteiger partial charge in [0.15, 0.2) is 0 Å². The van der Waals surface area contributed by atoms with Crippen LogP contribution in [0.3, 0.4) is 0 Å². The van der Waals surface area contributed by atoms with Crippen molar-refractivity contribution in [2.45, 2.75) is 0 Å². The Morgan fingerprint density at radius 3 is 2.55 bits per heavy atom. The van der Waals surface area contributed by atoms with E-state index in [4.69, 9.17) is 10.3 Å². The summed E-state index contributed by atoms with van der Waals surface area (Å²) in [7, 11) is 2.08. The first-order valence-electron chi connectivity index (χ1n) is 6.59. The molecule has 2 heterocycles. The number of anilines is 2. The normalized spacial score (nSPS) is 16.6. The summed E-state index contributed by atoms with van der Waals surface area (Å²) in [4.78, 5) is 4.30. The van der Waals surface area contributed by atoms with Gasteiger partial charge >= 0.3 is 0 Å². The molecule has 1 aromatic carbocycles. The van der Waals surface area contributed by atoms with E-state index in [1.165, 1.54) is 6.07 Å². The Labute approximate surface area is 116 Å². The van der Waals surface area contributed by atoms with Gasteiger partial charge in [0.25, 0.3) is 0 Å². The van der Waals surface area contributed by atoms with Gasteiger partial charge in [0, 0.05) is 37.8 Å². The number of nitrogen functional groups attached to an aromatic ring is 1. The maximum Gasteiger partial charge on any atom is 0.222 e. The smallest absolute Gasteiger partial charge is 0.222 e. The minimum absolute atomic E-state index is 0.226. The topological polar surface area (TPSA) is 58.5 Å². The number of likely N-dealkylation sites (N-methyl/N-ethyl adjacent to an activating group) is 1. The van der Waals surface area contributed by atoms with Gasteiger partial charge in [-0.15, -0.1) is 0 Å². The molecule has 20 heavy (non-hydrogen) atoms. The van der Waals surface area contributed by atoms with Crippen molar-refractivity contribution in [2.24, 2.45) is 0 Å². The summed E-state index contributed by atoms with van der Waals surface area (Å²) in [5.41, 5.74) is 7.33. The lowest BCUT2D eigenvalue weighted by molar-refractivity contribution is 0.311. The molecule has 3 rings (SSSR count). The number of piperazine rings is 1. The molecule has 0 radical (unpaired) electrons. The largest absolute Gasteiger partial charge is 0.368 e. The predicted molar refractivity (Wildman–Crippen MR) is 76.0 cm³/mol. The van der Waals surface area contributed by atoms with Crippen LogP contribution >= 0.6 is 0 Å². The number of hydrogen-bond donors (Lipinski definition) is 1. The van der Waals surface area contributed by atoms with Gasteiger partial charge in [0.2, 0.25) is 5.88 Å². The fraction of sp³-hybridized carbons (Fsp3) is 0.357. The van der Waals surface area contributed by atoms with Crippen molar-refractivity contribution in [1.82, 2.24) is 10.1 Å². The first-order valence-corrected chi connectivity index (χ1v) is 6.59. The molecule has 1 fully saturated rings. The zero-order chi connectivity index (χ0) is 14.1. The van der Waals surface area contributed by atoms with E-state index >= 15 is 0 Å². The summed E-state index contributed by atoms with van der Waals surface area (Å²) in [6.45, 7) is 3.56. The second-order valence-electron chi connectivity index (χ2n) is 5.07. The van der Waals surface area contributed by atoms with E-state index in [9.17, 15) is 4.39 Å². The number of rotatable bonds is 2. The molecule has 6 heteroatoms. The maximum absolute atomic E-state index is 14.3. The Hall–Kier alpha value is -2.08. The molecule has 0 atom stereocenters. The SMILES string of the molecule is CN1CCN(c2ccc(-c3cc(N)on3)cc2F)CC1. The van der Waals surface area contributed by atoms with Gasteiger partial charge in [-0.05, 0) is 19.2 Å². The molecule has 5 nitrogen and oxygen atoms in total. The standard InChI is InChI=1S/C14H17FN4O/c1-18-4-6-19(7-5-18)13-3-2-10(8-11(13)15)12-9-14(16)20-17-12/h2-3,8-9H,4-7,16H2,1H3. The Morgan fingerprint density at radius 2 is 1.95 bits per heavy atom. The quantitative estimate of drug-likeness (QED) is 0.906. The van der Waals surface area contributed by atoms with Crippen molar-refractivity contribution >= 4 is 11.6 Å². The van der Waals surface area contributed by atoms with Crippen LogP contribution in [0, 0.1) is 5.82 Å². The molecule has 106 valence electrons. The lowest BCUT2D eigenvalue weighted by Crippen LogP contribution is -2.44. The Balaban J connectivity index is 1.84. The molecule has 1 aliphatic heterocycles. The van der Waals surface area contributed by atoms with Crippen LogP contribution in [0.4, 0.5) is 16.0 Å². The summed E-state index contributed by atoms with van der Waals surface area (Å²) in [5.74, 6) is -0.0165. The molecule has 1 aliphatic rings. The third-order valence-electron chi connectivity index (χ3n) is 3.62. The highest BCUT2D eigenvalue weighted by Gasteiger charge is 2.18. The molecule has 2 N–H and O–H groups in total. The Morgan fingerprint density at radius 1 is 1.20 bits per heavy atom. The lowest BCUT2D eigenvalue weighted by atomic mass is 10.1. The van der Waals surface area contributed by atoms with Gasteiger partial charge in [-0.3, -0.25) is 0 Å². The van der Waals surface area contributed by atoms with Gasteiger partial charge in [0.1, 0.15) is 11.5 Å². The Bertz CT molecular complexity index is 605. The first kappa shape index (κ1) is 12.9. The third kappa shape index (κ3) is 2.46. The van der Waals surface area contributed by atoms with Crippen molar-refractivity contribution in [3.05, 3.63) is 30.1 Å². The molecule has 1 aromatic heterocycles. The van der Waals surface area contributed by atoms with Crippen LogP contribution in [0.25, 0.3) is 11.3 Å². The van der Waals surface area contributed by atoms with E-state index < -0.39 is 0 Å². The number of nitrogens with zero attached hydrogens (tertiary/aromatic N) is 3. The van der Waals surface area contributed by atoms with Crippen molar-refractivity contribution in [3.8, 4) is 11.3 Å². The van der Waals surface area contributed by atoms with E-state index in [1.807, 2.05) is 6.07 Å². The monoisotopic (exact) mass is 276 g/mol. The highest BCUT2D eigenvalue weighted by Crippen LogP contribution is 2.27. The molecule has 2 aromatic rings. The average molecular weight is 276 g/mol. The fourth-order valence-electron chi connectivity index (χ4n) is 2.40. The number of hydrogen-bond acceptors (Lipinski definition) is 5. The molecule has 0 aliphatic carbocycles. The maximum atomic E-state index is 14.3. The van der Waals surface area contributed by atoms with Crippen molar-refractivity contribution < 1.29 is 8.91 Å². The van der Waals surface area contributed by atoms with Gasteiger partial charge < -0.3 is 20.1 Å². The van der Waals surface area contributed by atoms with Gasteiger partial charge in [-0.1, -0.05) is 11.2 Å². The molecule has 0 unspecified atom stereocenters. The van der Waals surface area contributed by atoms with Crippen LogP contribution in [0.1, 0.15) is 0 Å². The van der Waals surface area contributed by atoms with E-state index in [0.717, 1.165) is 26.2 Å². The van der Waals surface area contributed by atoms with Crippen LogP contribution in [-0.4, -0.2) is 43.3 Å². The van der Waals surface area contributed by atoms with Crippen LogP contribution in [0.15, 0.2) is 28.8 Å². The molecule has 0 saturated carbocycles. The second-order valence-corrected chi connectivity index (χ2v) is 5.07. The Kier molecular flexibility index (Phi) is 3.31. The molecular formula is C14H17FN4O. The number of aromatic nitrogens is 1. The minimum atomic E-state index is -0.242. The first-order chi connectivity index (χ1) is 9.63. The van der Waals surface area contributed by atoms with Crippen molar-refractivity contribution in [2.75, 3.05) is 43.9 Å². The predicted octanol–water partition coefficient (Wildman–Crippen LogP) is 1.81. The summed E-state index contributed by atoms with van der Waals surface area (Å²) >= 11 is 0. The summed E-state index contributed by atoms with van der Waals surface area (Å²) in [6.07, 6.45) is 0. The van der Waals surface area contributed by atoms with E-state index in [0.29, 0.717) is 16.9 Å². The van der Waals surface area contributed by atoms with Crippen molar-refractivity contribution in [3.63, 3.8) is 0 Å². The third-order valence-corrected chi connectivity index (χ3v) is 3.62. The van der Waals surface area contributed by atoms with Gasteiger partial charge in [-0.25, -0.2) is 4.39 Å². The number of nitrogens with two attached hydrogens (primary N) is 1. The minimum Gasteiger partial charge on any atom is -0.368 e. The second kappa shape index (κ2) is 5.13.